The molecule has 16 heavy (non-hydrogen) atoms. The van der Waals surface area contributed by atoms with Crippen LogP contribution in [0.2, 0.25) is 0 Å². The second kappa shape index (κ2) is 3.70. The van der Waals surface area contributed by atoms with Crippen LogP contribution < -0.4 is 0 Å². The van der Waals surface area contributed by atoms with Gasteiger partial charge in [0.25, 0.3) is 0 Å². The summed E-state index contributed by atoms with van der Waals surface area (Å²) in [6, 6.07) is 1.31. The summed E-state index contributed by atoms with van der Waals surface area (Å²) in [4.78, 5) is 6.81. The average Bonchev–Trinajstić information content (AvgIpc) is 2.72. The first-order valence-corrected chi connectivity index (χ1v) is 5.94. The van der Waals surface area contributed by atoms with Crippen LogP contribution in [0.5, 0.6) is 0 Å². The molecule has 0 radical (unpaired) electrons. The van der Waals surface area contributed by atoms with Gasteiger partial charge in [0.15, 0.2) is 5.82 Å². The predicted octanol–water partition coefficient (Wildman–Crippen LogP) is 2.06. The summed E-state index contributed by atoms with van der Waals surface area (Å²) in [7, 11) is 0. The molecular weight excluding hydrogens is 202 g/mol. The quantitative estimate of drug-likeness (QED) is 0.714. The highest BCUT2D eigenvalue weighted by atomic mass is 16.5. The van der Waals surface area contributed by atoms with Crippen LogP contribution in [0.3, 0.4) is 0 Å². The molecule has 2 bridgehead atoms. The molecular formula is C12H17N3O. The lowest BCUT2D eigenvalue weighted by atomic mass is 9.98. The van der Waals surface area contributed by atoms with E-state index in [0.29, 0.717) is 18.0 Å². The Bertz CT molecular complexity index is 396. The Balaban J connectivity index is 1.74. The molecule has 2 unspecified atom stereocenters. The van der Waals surface area contributed by atoms with Gasteiger partial charge in [-0.15, -0.1) is 0 Å². The second-order valence-electron chi connectivity index (χ2n) is 4.95. The van der Waals surface area contributed by atoms with Gasteiger partial charge >= 0.3 is 0 Å². The third-order valence-corrected chi connectivity index (χ3v) is 3.71. The summed E-state index contributed by atoms with van der Waals surface area (Å²) in [5.41, 5.74) is 1.41. The first-order chi connectivity index (χ1) is 7.72. The summed E-state index contributed by atoms with van der Waals surface area (Å²) in [5, 5.41) is 3.98. The van der Waals surface area contributed by atoms with Gasteiger partial charge in [-0.1, -0.05) is 17.3 Å². The molecule has 2 atom stereocenters. The van der Waals surface area contributed by atoms with Crippen molar-refractivity contribution in [1.82, 2.24) is 15.0 Å². The molecule has 0 N–H and O–H groups in total. The lowest BCUT2D eigenvalue weighted by Gasteiger charge is -2.34. The van der Waals surface area contributed by atoms with Gasteiger partial charge in [0.05, 0.1) is 6.54 Å². The van der Waals surface area contributed by atoms with Crippen LogP contribution in [-0.2, 0) is 6.54 Å². The molecule has 4 nitrogen and oxygen atoms in total. The molecule has 86 valence electrons. The van der Waals surface area contributed by atoms with Gasteiger partial charge in [0.1, 0.15) is 0 Å². The van der Waals surface area contributed by atoms with Crippen molar-refractivity contribution in [3.63, 3.8) is 0 Å². The first kappa shape index (κ1) is 10.0. The van der Waals surface area contributed by atoms with Crippen LogP contribution in [0.25, 0.3) is 0 Å². The summed E-state index contributed by atoms with van der Waals surface area (Å²) < 4.78 is 5.01. The maximum absolute atomic E-state index is 5.01. The number of rotatable bonds is 2. The van der Waals surface area contributed by atoms with Crippen LogP contribution in [0, 0.1) is 6.92 Å². The third-order valence-electron chi connectivity index (χ3n) is 3.71. The van der Waals surface area contributed by atoms with Crippen molar-refractivity contribution in [3.8, 4) is 0 Å². The number of nitrogens with zero attached hydrogens (tertiary/aromatic N) is 3. The van der Waals surface area contributed by atoms with Crippen molar-refractivity contribution in [2.75, 3.05) is 0 Å². The standard InChI is InChI=1S/C12H17N3O/c1-8-5-10-3-4-11(6-8)15(10)7-12-13-9(2)16-14-12/h10-11H,1,3-7H2,2H3. The third kappa shape index (κ3) is 1.67. The highest BCUT2D eigenvalue weighted by Crippen LogP contribution is 2.38. The normalized spacial score (nSPS) is 29.9. The van der Waals surface area contributed by atoms with Crippen LogP contribution in [0.15, 0.2) is 16.7 Å². The molecule has 1 aromatic heterocycles. The molecule has 2 aliphatic heterocycles. The van der Waals surface area contributed by atoms with E-state index in [2.05, 4.69) is 21.6 Å². The van der Waals surface area contributed by atoms with E-state index in [9.17, 15) is 0 Å². The smallest absolute Gasteiger partial charge is 0.223 e. The number of fused-ring (bicyclic) bond motifs is 2. The van der Waals surface area contributed by atoms with Crippen LogP contribution in [-0.4, -0.2) is 27.1 Å². The predicted molar refractivity (Wildman–Crippen MR) is 59.8 cm³/mol. The van der Waals surface area contributed by atoms with Crippen LogP contribution >= 0.6 is 0 Å². The average molecular weight is 219 g/mol. The zero-order valence-corrected chi connectivity index (χ0v) is 9.65. The Kier molecular flexibility index (Phi) is 2.32. The number of hydrogen-bond donors (Lipinski definition) is 0. The first-order valence-electron chi connectivity index (χ1n) is 5.94. The molecule has 2 aliphatic rings. The van der Waals surface area contributed by atoms with Crippen LogP contribution in [0.4, 0.5) is 0 Å². The van der Waals surface area contributed by atoms with Crippen molar-refractivity contribution in [1.29, 1.82) is 0 Å². The Labute approximate surface area is 95.3 Å². The minimum absolute atomic E-state index is 0.656. The van der Waals surface area contributed by atoms with Gasteiger partial charge < -0.3 is 4.52 Å². The topological polar surface area (TPSA) is 42.2 Å². The van der Waals surface area contributed by atoms with E-state index in [1.54, 1.807) is 0 Å². The van der Waals surface area contributed by atoms with Crippen molar-refractivity contribution in [2.24, 2.45) is 0 Å². The van der Waals surface area contributed by atoms with E-state index in [-0.39, 0.29) is 0 Å². The number of hydrogen-bond acceptors (Lipinski definition) is 4. The van der Waals surface area contributed by atoms with Gasteiger partial charge in [-0.3, -0.25) is 4.90 Å². The number of aromatic nitrogens is 2. The molecule has 0 aliphatic carbocycles. The molecule has 0 spiro atoms. The van der Waals surface area contributed by atoms with E-state index >= 15 is 0 Å². The van der Waals surface area contributed by atoms with E-state index in [1.807, 2.05) is 6.92 Å². The summed E-state index contributed by atoms with van der Waals surface area (Å²) in [6.07, 6.45) is 4.88. The minimum atomic E-state index is 0.656. The highest BCUT2D eigenvalue weighted by Gasteiger charge is 2.38. The maximum atomic E-state index is 5.01. The van der Waals surface area contributed by atoms with Gasteiger partial charge in [0, 0.05) is 19.0 Å². The fourth-order valence-electron chi connectivity index (χ4n) is 3.03. The summed E-state index contributed by atoms with van der Waals surface area (Å²) in [6.45, 7) is 6.79. The molecule has 2 fully saturated rings. The van der Waals surface area contributed by atoms with E-state index in [1.165, 1.54) is 18.4 Å². The van der Waals surface area contributed by atoms with Gasteiger partial charge in [-0.25, -0.2) is 0 Å². The van der Waals surface area contributed by atoms with Gasteiger partial charge in [-0.05, 0) is 25.7 Å². The molecule has 3 rings (SSSR count). The Morgan fingerprint density at radius 2 is 2.06 bits per heavy atom. The summed E-state index contributed by atoms with van der Waals surface area (Å²) >= 11 is 0. The Hall–Kier alpha value is -1.16. The van der Waals surface area contributed by atoms with E-state index in [0.717, 1.165) is 25.2 Å². The zero-order valence-electron chi connectivity index (χ0n) is 9.65. The minimum Gasteiger partial charge on any atom is -0.340 e. The molecule has 3 heterocycles. The molecule has 0 amide bonds. The SMILES string of the molecule is C=C1CC2CCC(C1)N2Cc1noc(C)n1. The molecule has 4 heteroatoms. The number of aryl methyl sites for hydroxylation is 1. The van der Waals surface area contributed by atoms with E-state index in [4.69, 9.17) is 4.52 Å². The zero-order chi connectivity index (χ0) is 11.1. The van der Waals surface area contributed by atoms with Crippen LogP contribution in [0.1, 0.15) is 37.4 Å². The molecule has 1 aromatic rings. The fraction of sp³-hybridized carbons (Fsp3) is 0.667. The molecule has 2 saturated heterocycles. The van der Waals surface area contributed by atoms with Crippen molar-refractivity contribution in [3.05, 3.63) is 23.9 Å². The van der Waals surface area contributed by atoms with Crippen molar-refractivity contribution < 1.29 is 4.52 Å². The maximum Gasteiger partial charge on any atom is 0.223 e. The largest absolute Gasteiger partial charge is 0.340 e. The van der Waals surface area contributed by atoms with Crippen molar-refractivity contribution in [2.45, 2.75) is 51.2 Å². The highest BCUT2D eigenvalue weighted by molar-refractivity contribution is 5.11. The second-order valence-corrected chi connectivity index (χ2v) is 4.95. The number of piperidine rings is 1. The monoisotopic (exact) mass is 219 g/mol. The Morgan fingerprint density at radius 3 is 2.62 bits per heavy atom. The molecule has 0 saturated carbocycles. The fourth-order valence-corrected chi connectivity index (χ4v) is 3.03. The van der Waals surface area contributed by atoms with Gasteiger partial charge in [-0.2, -0.15) is 4.98 Å². The van der Waals surface area contributed by atoms with Crippen molar-refractivity contribution >= 4 is 0 Å². The molecule has 0 aromatic carbocycles. The Morgan fingerprint density at radius 1 is 1.38 bits per heavy atom. The van der Waals surface area contributed by atoms with Gasteiger partial charge in [0.2, 0.25) is 5.89 Å². The van der Waals surface area contributed by atoms with E-state index < -0.39 is 0 Å². The lowest BCUT2D eigenvalue weighted by Crippen LogP contribution is -2.39. The summed E-state index contributed by atoms with van der Waals surface area (Å²) in [5.74, 6) is 1.48. The lowest BCUT2D eigenvalue weighted by molar-refractivity contribution is 0.152.